The van der Waals surface area contributed by atoms with Crippen molar-refractivity contribution in [1.82, 2.24) is 15.6 Å². The van der Waals surface area contributed by atoms with Crippen LogP contribution in [0.1, 0.15) is 49.4 Å². The lowest BCUT2D eigenvalue weighted by atomic mass is 10.0. The van der Waals surface area contributed by atoms with Gasteiger partial charge in [0.2, 0.25) is 0 Å². The smallest absolute Gasteiger partial charge is 0.281 e. The average molecular weight is 541 g/mol. The Bertz CT molecular complexity index is 1290. The molecular formula is C27H32N4O4S2. The number of aryl methyl sites for hydroxylation is 2. The molecule has 37 heavy (non-hydrogen) atoms. The molecule has 1 fully saturated rings. The molecule has 4 rings (SSSR count). The summed E-state index contributed by atoms with van der Waals surface area (Å²) in [5, 5.41) is 19.7. The maximum absolute atomic E-state index is 12.6. The maximum atomic E-state index is 12.6. The van der Waals surface area contributed by atoms with E-state index in [0.29, 0.717) is 27.6 Å². The molecule has 0 saturated carbocycles. The van der Waals surface area contributed by atoms with Crippen molar-refractivity contribution in [2.75, 3.05) is 39.4 Å². The van der Waals surface area contributed by atoms with E-state index in [2.05, 4.69) is 27.7 Å². The summed E-state index contributed by atoms with van der Waals surface area (Å²) in [6.07, 6.45) is 0.860. The summed E-state index contributed by atoms with van der Waals surface area (Å²) in [7, 11) is 0. The highest BCUT2D eigenvalue weighted by Crippen LogP contribution is 2.39. The third-order valence-corrected chi connectivity index (χ3v) is 8.44. The molecule has 1 aliphatic heterocycles. The van der Waals surface area contributed by atoms with Crippen molar-refractivity contribution in [2.24, 2.45) is 5.10 Å². The number of nitrogens with zero attached hydrogens (tertiary/aromatic N) is 2. The number of aromatic hydroxyl groups is 1. The van der Waals surface area contributed by atoms with Crippen molar-refractivity contribution in [3.63, 3.8) is 0 Å². The number of hydrogen-bond acceptors (Lipinski definition) is 8. The zero-order valence-electron chi connectivity index (χ0n) is 21.3. The van der Waals surface area contributed by atoms with Gasteiger partial charge >= 0.3 is 0 Å². The van der Waals surface area contributed by atoms with E-state index in [9.17, 15) is 14.7 Å². The molecule has 1 saturated heterocycles. The zero-order valence-corrected chi connectivity index (χ0v) is 22.9. The van der Waals surface area contributed by atoms with Crippen LogP contribution in [0.5, 0.6) is 5.75 Å². The van der Waals surface area contributed by atoms with Crippen LogP contribution in [-0.2, 0) is 4.74 Å². The van der Waals surface area contributed by atoms with Gasteiger partial charge in [-0.05, 0) is 62.6 Å². The van der Waals surface area contributed by atoms with Gasteiger partial charge in [0.15, 0.2) is 0 Å². The first-order valence-electron chi connectivity index (χ1n) is 12.2. The quantitative estimate of drug-likeness (QED) is 0.212. The van der Waals surface area contributed by atoms with E-state index in [1.165, 1.54) is 16.9 Å². The van der Waals surface area contributed by atoms with E-state index >= 15 is 0 Å². The van der Waals surface area contributed by atoms with Crippen molar-refractivity contribution in [2.45, 2.75) is 27.2 Å². The second-order valence-corrected chi connectivity index (χ2v) is 11.0. The largest absolute Gasteiger partial charge is 0.506 e. The lowest BCUT2D eigenvalue weighted by Crippen LogP contribution is -2.38. The summed E-state index contributed by atoms with van der Waals surface area (Å²) >= 11 is 2.55. The fraction of sp³-hybridized carbons (Fsp3) is 0.370. The minimum absolute atomic E-state index is 0.146. The van der Waals surface area contributed by atoms with Gasteiger partial charge in [0.05, 0.1) is 39.1 Å². The molecule has 2 aromatic heterocycles. The number of hydrogen-bond donors (Lipinski definition) is 3. The number of carbonyl (C=O) groups is 2. The van der Waals surface area contributed by atoms with Gasteiger partial charge in [0, 0.05) is 25.0 Å². The first kappa shape index (κ1) is 27.0. The van der Waals surface area contributed by atoms with Gasteiger partial charge in [-0.2, -0.15) is 5.10 Å². The van der Waals surface area contributed by atoms with Crippen LogP contribution in [-0.4, -0.2) is 66.9 Å². The van der Waals surface area contributed by atoms with Crippen molar-refractivity contribution in [1.29, 1.82) is 0 Å². The van der Waals surface area contributed by atoms with Gasteiger partial charge in [-0.25, -0.2) is 5.43 Å². The molecule has 8 nitrogen and oxygen atoms in total. The molecule has 1 aliphatic rings. The number of hydrazone groups is 1. The number of nitrogens with one attached hydrogen (secondary N) is 2. The molecule has 10 heteroatoms. The monoisotopic (exact) mass is 540 g/mol. The SMILES string of the molecule is CC(=NNC(=O)c1ccc(C(=O)NCCCN2CCOCC2)s1)c1csc(-c2ccc(C)c(C)c2)c1O. The highest BCUT2D eigenvalue weighted by Gasteiger charge is 2.17. The Hall–Kier alpha value is -3.05. The Balaban J connectivity index is 1.30. The Morgan fingerprint density at radius 3 is 2.54 bits per heavy atom. The molecular weight excluding hydrogens is 508 g/mol. The van der Waals surface area contributed by atoms with Crippen LogP contribution in [0.25, 0.3) is 10.4 Å². The average Bonchev–Trinajstić information content (AvgIpc) is 3.55. The van der Waals surface area contributed by atoms with E-state index in [1.807, 2.05) is 30.5 Å². The highest BCUT2D eigenvalue weighted by molar-refractivity contribution is 7.16. The van der Waals surface area contributed by atoms with Crippen LogP contribution in [0.3, 0.4) is 0 Å². The van der Waals surface area contributed by atoms with Gasteiger partial charge < -0.3 is 15.2 Å². The summed E-state index contributed by atoms with van der Waals surface area (Å²) in [5.41, 5.74) is 6.89. The summed E-state index contributed by atoms with van der Waals surface area (Å²) in [6, 6.07) is 9.33. The predicted octanol–water partition coefficient (Wildman–Crippen LogP) is 4.41. The number of rotatable bonds is 9. The lowest BCUT2D eigenvalue weighted by Gasteiger charge is -2.26. The van der Waals surface area contributed by atoms with Gasteiger partial charge in [-0.1, -0.05) is 18.2 Å². The molecule has 0 spiro atoms. The van der Waals surface area contributed by atoms with E-state index in [0.717, 1.165) is 66.6 Å². The Morgan fingerprint density at radius 1 is 1.08 bits per heavy atom. The van der Waals surface area contributed by atoms with Crippen LogP contribution >= 0.6 is 22.7 Å². The number of thiophene rings is 2. The van der Waals surface area contributed by atoms with Gasteiger partial charge in [-0.15, -0.1) is 22.7 Å². The third kappa shape index (κ3) is 6.84. The van der Waals surface area contributed by atoms with Crippen LogP contribution in [0.4, 0.5) is 0 Å². The second-order valence-electron chi connectivity index (χ2n) is 8.99. The van der Waals surface area contributed by atoms with E-state index in [1.54, 1.807) is 19.1 Å². The van der Waals surface area contributed by atoms with E-state index < -0.39 is 5.91 Å². The molecule has 3 aromatic rings. The van der Waals surface area contributed by atoms with Crippen molar-refractivity contribution >= 4 is 40.2 Å². The standard InChI is InChI=1S/C27H32N4O4S2/c1-17-5-6-20(15-18(17)2)25-24(32)21(16-36-25)19(3)29-30-27(34)23-8-7-22(37-23)26(33)28-9-4-10-31-11-13-35-14-12-31/h5-8,15-16,32H,4,9-14H2,1-3H3,(H,28,33)(H,30,34). The molecule has 196 valence electrons. The minimum Gasteiger partial charge on any atom is -0.506 e. The van der Waals surface area contributed by atoms with Gasteiger partial charge in [0.25, 0.3) is 11.8 Å². The molecule has 3 N–H and O–H groups in total. The first-order chi connectivity index (χ1) is 17.8. The maximum Gasteiger partial charge on any atom is 0.281 e. The summed E-state index contributed by atoms with van der Waals surface area (Å²) in [6.45, 7) is 10.7. The van der Waals surface area contributed by atoms with Crippen molar-refractivity contribution in [3.05, 3.63) is 62.2 Å². The topological polar surface area (TPSA) is 103 Å². The van der Waals surface area contributed by atoms with Gasteiger partial charge in [0.1, 0.15) is 5.75 Å². The fourth-order valence-corrected chi connectivity index (χ4v) is 5.76. The van der Waals surface area contributed by atoms with E-state index in [-0.39, 0.29) is 11.7 Å². The molecule has 0 unspecified atom stereocenters. The summed E-state index contributed by atoms with van der Waals surface area (Å²) in [5.74, 6) is -0.444. The molecule has 0 bridgehead atoms. The Labute approximate surface area is 225 Å². The number of amides is 2. The van der Waals surface area contributed by atoms with Crippen LogP contribution in [0.15, 0.2) is 40.8 Å². The predicted molar refractivity (Wildman–Crippen MR) is 149 cm³/mol. The van der Waals surface area contributed by atoms with Gasteiger partial charge in [-0.3, -0.25) is 14.5 Å². The molecule has 0 atom stereocenters. The van der Waals surface area contributed by atoms with Crippen molar-refractivity contribution in [3.8, 4) is 16.2 Å². The normalized spacial score (nSPS) is 14.5. The number of morpholine rings is 1. The number of carbonyl (C=O) groups excluding carboxylic acids is 2. The van der Waals surface area contributed by atoms with Crippen molar-refractivity contribution < 1.29 is 19.4 Å². The first-order valence-corrected chi connectivity index (χ1v) is 13.9. The summed E-state index contributed by atoms with van der Waals surface area (Å²) in [4.78, 5) is 29.0. The second kappa shape index (κ2) is 12.5. The summed E-state index contributed by atoms with van der Waals surface area (Å²) < 4.78 is 5.34. The molecule has 0 aliphatic carbocycles. The third-order valence-electron chi connectivity index (χ3n) is 6.34. The Morgan fingerprint density at radius 2 is 1.81 bits per heavy atom. The highest BCUT2D eigenvalue weighted by atomic mass is 32.1. The Kier molecular flexibility index (Phi) is 9.09. The fourth-order valence-electron chi connectivity index (χ4n) is 3.94. The number of ether oxygens (including phenoxy) is 1. The minimum atomic E-state index is -0.403. The molecule has 2 amide bonds. The lowest BCUT2D eigenvalue weighted by molar-refractivity contribution is 0.0374. The molecule has 1 aromatic carbocycles. The van der Waals surface area contributed by atoms with E-state index in [4.69, 9.17) is 4.74 Å². The van der Waals surface area contributed by atoms with Crippen LogP contribution in [0.2, 0.25) is 0 Å². The number of benzene rings is 1. The molecule has 0 radical (unpaired) electrons. The zero-order chi connectivity index (χ0) is 26.4. The van der Waals surface area contributed by atoms with Crippen LogP contribution in [0, 0.1) is 13.8 Å². The van der Waals surface area contributed by atoms with Crippen LogP contribution < -0.4 is 10.7 Å². The molecule has 3 heterocycles.